The van der Waals surface area contributed by atoms with Gasteiger partial charge in [-0.05, 0) is 112 Å². The van der Waals surface area contributed by atoms with E-state index in [9.17, 15) is 32.3 Å². The normalized spacial score (nSPS) is 17.3. The fourth-order valence-electron chi connectivity index (χ4n) is 8.45. The molecule has 4 aromatic carbocycles. The van der Waals surface area contributed by atoms with Gasteiger partial charge >= 0.3 is 12.2 Å². The van der Waals surface area contributed by atoms with E-state index in [1.165, 1.54) is 4.68 Å². The summed E-state index contributed by atoms with van der Waals surface area (Å²) in [6.07, 6.45) is -0.343. The van der Waals surface area contributed by atoms with Crippen LogP contribution in [0.5, 0.6) is 5.75 Å². The number of carbonyl (C=O) groups is 4. The Balaban J connectivity index is 0.902. The highest BCUT2D eigenvalue weighted by Gasteiger charge is 2.42. The van der Waals surface area contributed by atoms with Gasteiger partial charge in [-0.2, -0.15) is 30.0 Å². The molecule has 2 aliphatic rings. The van der Waals surface area contributed by atoms with Crippen LogP contribution >= 0.6 is 11.8 Å². The number of alkyl halides is 3. The third-order valence-corrected chi connectivity index (χ3v) is 13.6. The summed E-state index contributed by atoms with van der Waals surface area (Å²) in [5, 5.41) is 22.3. The van der Waals surface area contributed by atoms with E-state index in [1.54, 1.807) is 36.4 Å². The molecule has 2 fully saturated rings. The third kappa shape index (κ3) is 12.8. The Kier molecular flexibility index (Phi) is 15.4. The fraction of sp³-hybridized carbons (Fsp3) is 0.449. The summed E-state index contributed by atoms with van der Waals surface area (Å²) in [6.45, 7) is 8.33. The lowest BCUT2D eigenvalue weighted by atomic mass is 9.98. The minimum atomic E-state index is -4.71. The van der Waals surface area contributed by atoms with Crippen LogP contribution in [0.1, 0.15) is 78.3 Å². The molecule has 3 heterocycles. The van der Waals surface area contributed by atoms with Gasteiger partial charge in [-0.3, -0.25) is 14.4 Å². The zero-order valence-corrected chi connectivity index (χ0v) is 39.0. The van der Waals surface area contributed by atoms with Crippen molar-refractivity contribution in [3.05, 3.63) is 84.6 Å². The van der Waals surface area contributed by atoms with Crippen LogP contribution < -0.4 is 37.1 Å². The SMILES string of the molecule is CC(C)(CCOC(C)(C)CCC(=O)NCCOc1cc2ccccc2c2ccc(-c3cc(C(F)(F)F)nn3-c3ccc(NC(=O)CN)cc3)cc12)NC(=O)CCCCC1SCC2NC(=O)NC21. The van der Waals surface area contributed by atoms with Crippen molar-refractivity contribution in [2.75, 3.05) is 37.4 Å². The van der Waals surface area contributed by atoms with Gasteiger partial charge in [0.05, 0.1) is 42.2 Å². The van der Waals surface area contributed by atoms with Crippen molar-refractivity contribution in [1.29, 1.82) is 0 Å². The minimum Gasteiger partial charge on any atom is -0.491 e. The summed E-state index contributed by atoms with van der Waals surface area (Å²) in [7, 11) is 0. The maximum atomic E-state index is 14.1. The molecule has 0 radical (unpaired) electrons. The molecule has 1 aromatic heterocycles. The number of urea groups is 1. The number of nitrogens with zero attached hydrogens (tertiary/aromatic N) is 2. The van der Waals surface area contributed by atoms with Gasteiger partial charge in [-0.1, -0.05) is 42.8 Å². The van der Waals surface area contributed by atoms with Gasteiger partial charge in [0.25, 0.3) is 0 Å². The average Bonchev–Trinajstić information content (AvgIpc) is 4.01. The first-order chi connectivity index (χ1) is 31.9. The second-order valence-electron chi connectivity index (χ2n) is 18.3. The van der Waals surface area contributed by atoms with E-state index < -0.39 is 28.9 Å². The number of carbonyl (C=O) groups excluding carboxylic acids is 4. The van der Waals surface area contributed by atoms with Crippen molar-refractivity contribution in [3.63, 3.8) is 0 Å². The number of nitrogens with two attached hydrogens (primary N) is 1. The number of anilines is 1. The summed E-state index contributed by atoms with van der Waals surface area (Å²) in [5.74, 6) is 0.838. The maximum absolute atomic E-state index is 14.1. The largest absolute Gasteiger partial charge is 0.491 e. The van der Waals surface area contributed by atoms with Crippen molar-refractivity contribution in [2.24, 2.45) is 5.73 Å². The number of amides is 5. The molecular formula is C49H59F3N8O6S. The highest BCUT2D eigenvalue weighted by Crippen LogP contribution is 2.39. The van der Waals surface area contributed by atoms with Crippen molar-refractivity contribution in [2.45, 2.75) is 107 Å². The molecule has 0 saturated carbocycles. The number of fused-ring (bicyclic) bond motifs is 4. The molecule has 18 heteroatoms. The molecule has 358 valence electrons. The van der Waals surface area contributed by atoms with Crippen LogP contribution in [0.2, 0.25) is 0 Å². The number of benzene rings is 4. The smallest absolute Gasteiger partial charge is 0.435 e. The molecule has 2 aliphatic heterocycles. The van der Waals surface area contributed by atoms with Gasteiger partial charge in [0.1, 0.15) is 12.4 Å². The van der Waals surface area contributed by atoms with E-state index in [2.05, 4.69) is 31.7 Å². The van der Waals surface area contributed by atoms with Crippen LogP contribution in [0.15, 0.2) is 78.9 Å². The van der Waals surface area contributed by atoms with Crippen molar-refractivity contribution in [1.82, 2.24) is 31.0 Å². The zero-order valence-electron chi connectivity index (χ0n) is 38.2. The van der Waals surface area contributed by atoms with Crippen LogP contribution in [0.4, 0.5) is 23.7 Å². The monoisotopic (exact) mass is 944 g/mol. The van der Waals surface area contributed by atoms with Gasteiger partial charge in [0, 0.05) is 52.6 Å². The lowest BCUT2D eigenvalue weighted by molar-refractivity contribution is -0.141. The molecule has 7 rings (SSSR count). The quantitative estimate of drug-likeness (QED) is 0.0242. The second-order valence-corrected chi connectivity index (χ2v) is 19.6. The highest BCUT2D eigenvalue weighted by molar-refractivity contribution is 8.00. The number of halogens is 3. The van der Waals surface area contributed by atoms with Gasteiger partial charge in [-0.15, -0.1) is 0 Å². The molecule has 14 nitrogen and oxygen atoms in total. The van der Waals surface area contributed by atoms with Crippen LogP contribution in [0.3, 0.4) is 0 Å². The standard InChI is InChI=1S/C49H59F3N8O6S/c1-47(2,58-43(62)12-8-7-11-40-45-37(29-67-40)56-46(64)57-45)21-23-66-48(3,4)20-19-42(61)54-22-24-65-39-26-30-9-5-6-10-34(30)35-18-13-31(25-36(35)39)38-27-41(49(50,51)52)59-60(38)33-16-14-32(15-17-33)55-44(63)28-53/h5-6,9-10,13-18,25-27,37,40,45H,7-8,11-12,19-24,28-29,53H2,1-4H3,(H,54,61)(H,55,63)(H,58,62)(H2,56,57,64). The molecular weight excluding hydrogens is 886 g/mol. The number of thioether (sulfide) groups is 1. The van der Waals surface area contributed by atoms with Crippen molar-refractivity contribution in [3.8, 4) is 22.7 Å². The van der Waals surface area contributed by atoms with Crippen LogP contribution in [0.25, 0.3) is 38.5 Å². The predicted octanol–water partition coefficient (Wildman–Crippen LogP) is 7.84. The average molecular weight is 945 g/mol. The van der Waals surface area contributed by atoms with E-state index in [-0.39, 0.29) is 61.7 Å². The minimum absolute atomic E-state index is 0.000436. The number of ether oxygens (including phenoxy) is 2. The lowest BCUT2D eigenvalue weighted by Crippen LogP contribution is -2.44. The van der Waals surface area contributed by atoms with E-state index >= 15 is 0 Å². The van der Waals surface area contributed by atoms with Crippen molar-refractivity contribution < 1.29 is 41.8 Å². The summed E-state index contributed by atoms with van der Waals surface area (Å²) < 4.78 is 56.0. The first-order valence-corrected chi connectivity index (χ1v) is 23.7. The van der Waals surface area contributed by atoms with Crippen molar-refractivity contribution >= 4 is 62.7 Å². The molecule has 2 saturated heterocycles. The van der Waals surface area contributed by atoms with Gasteiger partial charge < -0.3 is 41.8 Å². The molecule has 5 aromatic rings. The molecule has 0 spiro atoms. The highest BCUT2D eigenvalue weighted by atomic mass is 32.2. The Bertz CT molecular complexity index is 2580. The van der Waals surface area contributed by atoms with Crippen LogP contribution in [-0.4, -0.2) is 94.1 Å². The van der Waals surface area contributed by atoms with Gasteiger partial charge in [-0.25, -0.2) is 9.48 Å². The molecule has 0 aliphatic carbocycles. The first-order valence-electron chi connectivity index (χ1n) is 22.6. The Morgan fingerprint density at radius 2 is 1.64 bits per heavy atom. The maximum Gasteiger partial charge on any atom is 0.435 e. The van der Waals surface area contributed by atoms with E-state index in [0.29, 0.717) is 59.2 Å². The Hall–Kier alpha value is -5.85. The summed E-state index contributed by atoms with van der Waals surface area (Å²) in [6, 6.07) is 22.5. The number of aromatic nitrogens is 2. The number of hydrogen-bond acceptors (Lipinski definition) is 9. The topological polar surface area (TPSA) is 191 Å². The van der Waals surface area contributed by atoms with Crippen LogP contribution in [-0.2, 0) is 25.3 Å². The van der Waals surface area contributed by atoms with Crippen LogP contribution in [0, 0.1) is 0 Å². The molecule has 67 heavy (non-hydrogen) atoms. The zero-order chi connectivity index (χ0) is 47.9. The summed E-state index contributed by atoms with van der Waals surface area (Å²) >= 11 is 1.88. The number of hydrogen-bond donors (Lipinski definition) is 6. The Labute approximate surface area is 392 Å². The Morgan fingerprint density at radius 3 is 2.40 bits per heavy atom. The second kappa shape index (κ2) is 21.0. The van der Waals surface area contributed by atoms with E-state index in [4.69, 9.17) is 15.2 Å². The third-order valence-electron chi connectivity index (χ3n) is 12.1. The predicted molar refractivity (Wildman–Crippen MR) is 255 cm³/mol. The van der Waals surface area contributed by atoms with Gasteiger partial charge in [0.2, 0.25) is 17.7 Å². The van der Waals surface area contributed by atoms with E-state index in [1.807, 2.05) is 75.9 Å². The Morgan fingerprint density at radius 1 is 0.866 bits per heavy atom. The molecule has 3 unspecified atom stereocenters. The number of nitrogens with one attached hydrogen (secondary N) is 5. The lowest BCUT2D eigenvalue weighted by Gasteiger charge is -2.30. The number of rotatable bonds is 21. The molecule has 0 bridgehead atoms. The molecule has 5 amide bonds. The van der Waals surface area contributed by atoms with Gasteiger partial charge in [0.15, 0.2) is 5.69 Å². The number of unbranched alkanes of at least 4 members (excludes halogenated alkanes) is 1. The first kappa shape index (κ1) is 49.1. The summed E-state index contributed by atoms with van der Waals surface area (Å²) in [5.41, 5.74) is 4.70. The fourth-order valence-corrected chi connectivity index (χ4v) is 10.00. The molecule has 3 atom stereocenters. The van der Waals surface area contributed by atoms with E-state index in [0.717, 1.165) is 47.2 Å². The summed E-state index contributed by atoms with van der Waals surface area (Å²) in [4.78, 5) is 49.2. The molecule has 7 N–H and O–H groups in total.